The maximum atomic E-state index is 14.4. The monoisotopic (exact) mass is 343 g/mol. The third kappa shape index (κ3) is 3.20. The molecule has 9 heteroatoms. The molecule has 1 fully saturated rings. The first kappa shape index (κ1) is 16.7. The highest BCUT2D eigenvalue weighted by Gasteiger charge is 2.34. The molecule has 3 heterocycles. The smallest absolute Gasteiger partial charge is 0.352 e. The second-order valence-corrected chi connectivity index (χ2v) is 5.73. The quantitative estimate of drug-likeness (QED) is 0.803. The number of halogens is 4. The van der Waals surface area contributed by atoms with E-state index in [1.807, 2.05) is 0 Å². The molecule has 0 N–H and O–H groups in total. The van der Waals surface area contributed by atoms with Gasteiger partial charge in [-0.05, 0) is 25.3 Å². The molecule has 0 spiro atoms. The lowest BCUT2D eigenvalue weighted by Crippen LogP contribution is -2.38. The van der Waals surface area contributed by atoms with Crippen molar-refractivity contribution in [1.29, 1.82) is 0 Å². The molecule has 130 valence electrons. The highest BCUT2D eigenvalue weighted by molar-refractivity contribution is 5.41. The van der Waals surface area contributed by atoms with Gasteiger partial charge in [0.25, 0.3) is 0 Å². The van der Waals surface area contributed by atoms with Crippen LogP contribution in [-0.2, 0) is 12.6 Å². The lowest BCUT2D eigenvalue weighted by Gasteiger charge is -2.33. The van der Waals surface area contributed by atoms with Gasteiger partial charge in [0.05, 0.1) is 11.7 Å². The lowest BCUT2D eigenvalue weighted by atomic mass is 10.1. The van der Waals surface area contributed by atoms with E-state index in [9.17, 15) is 17.6 Å². The molecule has 1 unspecified atom stereocenters. The van der Waals surface area contributed by atoms with Crippen molar-refractivity contribution in [2.24, 2.45) is 0 Å². The Balaban J connectivity index is 1.81. The average Bonchev–Trinajstić information content (AvgIpc) is 3.05. The van der Waals surface area contributed by atoms with Crippen LogP contribution in [0.5, 0.6) is 0 Å². The zero-order chi connectivity index (χ0) is 17.3. The average molecular weight is 343 g/mol. The summed E-state index contributed by atoms with van der Waals surface area (Å²) in [5, 5.41) is 3.63. The summed E-state index contributed by atoms with van der Waals surface area (Å²) in [6.07, 6.45) is 0.0298. The minimum Gasteiger partial charge on any atom is -0.352 e. The first-order valence-corrected chi connectivity index (χ1v) is 7.76. The first-order chi connectivity index (χ1) is 11.4. The number of nitrogens with zero attached hydrogens (tertiary/aromatic N) is 5. The Hall–Kier alpha value is -2.19. The predicted molar refractivity (Wildman–Crippen MR) is 79.1 cm³/mol. The van der Waals surface area contributed by atoms with Gasteiger partial charge >= 0.3 is 6.18 Å². The third-order valence-corrected chi connectivity index (χ3v) is 4.15. The standard InChI is InChI=1S/C15H17F4N5/c1-2-11-13(16)14(21-9-20-11)23-6-3-4-10(8-23)24-7-5-12(22-24)15(17,18)19/h5,7,9-10H,2-4,6,8H2,1H3. The van der Waals surface area contributed by atoms with Crippen LogP contribution in [0.25, 0.3) is 0 Å². The van der Waals surface area contributed by atoms with Crippen molar-refractivity contribution in [2.45, 2.75) is 38.4 Å². The Labute approximate surface area is 136 Å². The molecular formula is C15H17F4N5. The van der Waals surface area contributed by atoms with Crippen molar-refractivity contribution < 1.29 is 17.6 Å². The van der Waals surface area contributed by atoms with Gasteiger partial charge in [0.1, 0.15) is 6.33 Å². The Morgan fingerprint density at radius 1 is 1.29 bits per heavy atom. The van der Waals surface area contributed by atoms with Gasteiger partial charge in [-0.2, -0.15) is 18.3 Å². The predicted octanol–water partition coefficient (Wildman–Crippen LogP) is 3.23. The Morgan fingerprint density at radius 2 is 2.08 bits per heavy atom. The third-order valence-electron chi connectivity index (χ3n) is 4.15. The minimum absolute atomic E-state index is 0.203. The van der Waals surface area contributed by atoms with E-state index >= 15 is 0 Å². The van der Waals surface area contributed by atoms with Crippen LogP contribution in [0.2, 0.25) is 0 Å². The van der Waals surface area contributed by atoms with Crippen LogP contribution in [0.4, 0.5) is 23.4 Å². The summed E-state index contributed by atoms with van der Waals surface area (Å²) < 4.78 is 53.8. The van der Waals surface area contributed by atoms with E-state index in [-0.39, 0.29) is 11.9 Å². The van der Waals surface area contributed by atoms with Crippen molar-refractivity contribution in [3.63, 3.8) is 0 Å². The molecule has 0 aromatic carbocycles. The summed E-state index contributed by atoms with van der Waals surface area (Å²) in [5.74, 6) is -0.258. The van der Waals surface area contributed by atoms with Crippen molar-refractivity contribution >= 4 is 5.82 Å². The fraction of sp³-hybridized carbons (Fsp3) is 0.533. The van der Waals surface area contributed by atoms with E-state index in [1.54, 1.807) is 11.8 Å². The molecule has 1 atom stereocenters. The summed E-state index contributed by atoms with van der Waals surface area (Å²) in [6, 6.07) is 0.702. The number of aryl methyl sites for hydroxylation is 1. The summed E-state index contributed by atoms with van der Waals surface area (Å²) in [6.45, 7) is 2.76. The largest absolute Gasteiger partial charge is 0.435 e. The molecule has 24 heavy (non-hydrogen) atoms. The van der Waals surface area contributed by atoms with Gasteiger partial charge in [0.15, 0.2) is 17.3 Å². The Morgan fingerprint density at radius 3 is 2.75 bits per heavy atom. The number of aromatic nitrogens is 4. The molecule has 2 aromatic rings. The van der Waals surface area contributed by atoms with Crippen LogP contribution in [0.15, 0.2) is 18.6 Å². The molecule has 2 aromatic heterocycles. The summed E-state index contributed by atoms with van der Waals surface area (Å²) in [5.41, 5.74) is -0.582. The number of hydrogen-bond acceptors (Lipinski definition) is 4. The number of anilines is 1. The van der Waals surface area contributed by atoms with Gasteiger partial charge in [-0.25, -0.2) is 14.4 Å². The molecule has 5 nitrogen and oxygen atoms in total. The molecular weight excluding hydrogens is 326 g/mol. The van der Waals surface area contributed by atoms with Crippen LogP contribution in [-0.4, -0.2) is 32.8 Å². The maximum absolute atomic E-state index is 14.4. The fourth-order valence-corrected chi connectivity index (χ4v) is 2.92. The van der Waals surface area contributed by atoms with E-state index in [0.29, 0.717) is 31.6 Å². The molecule has 0 saturated carbocycles. The zero-order valence-electron chi connectivity index (χ0n) is 13.1. The van der Waals surface area contributed by atoms with Gasteiger partial charge in [0, 0.05) is 19.3 Å². The van der Waals surface area contributed by atoms with Crippen LogP contribution < -0.4 is 4.90 Å². The van der Waals surface area contributed by atoms with E-state index < -0.39 is 17.7 Å². The summed E-state index contributed by atoms with van der Waals surface area (Å²) in [7, 11) is 0. The number of rotatable bonds is 3. The highest BCUT2D eigenvalue weighted by atomic mass is 19.4. The number of piperidine rings is 1. The van der Waals surface area contributed by atoms with E-state index in [4.69, 9.17) is 0 Å². The van der Waals surface area contributed by atoms with Crippen LogP contribution in [0.3, 0.4) is 0 Å². The molecule has 0 amide bonds. The van der Waals surface area contributed by atoms with Gasteiger partial charge in [-0.1, -0.05) is 6.92 Å². The number of alkyl halides is 3. The molecule has 1 aliphatic rings. The van der Waals surface area contributed by atoms with E-state index in [2.05, 4.69) is 15.1 Å². The molecule has 1 saturated heterocycles. The van der Waals surface area contributed by atoms with Crippen LogP contribution in [0.1, 0.15) is 37.2 Å². The molecule has 0 bridgehead atoms. The molecule has 0 radical (unpaired) electrons. The van der Waals surface area contributed by atoms with Crippen molar-refractivity contribution in [2.75, 3.05) is 18.0 Å². The molecule has 1 aliphatic heterocycles. The van der Waals surface area contributed by atoms with E-state index in [1.165, 1.54) is 17.2 Å². The van der Waals surface area contributed by atoms with Crippen molar-refractivity contribution in [3.8, 4) is 0 Å². The Bertz CT molecular complexity index is 712. The summed E-state index contributed by atoms with van der Waals surface area (Å²) in [4.78, 5) is 9.67. The van der Waals surface area contributed by atoms with Crippen molar-refractivity contribution in [1.82, 2.24) is 19.7 Å². The van der Waals surface area contributed by atoms with Gasteiger partial charge in [-0.3, -0.25) is 4.68 Å². The second-order valence-electron chi connectivity index (χ2n) is 5.73. The van der Waals surface area contributed by atoms with Gasteiger partial charge in [0.2, 0.25) is 0 Å². The molecule has 3 rings (SSSR count). The SMILES string of the molecule is CCc1ncnc(N2CCCC(n3ccc(C(F)(F)F)n3)C2)c1F. The zero-order valence-corrected chi connectivity index (χ0v) is 13.1. The topological polar surface area (TPSA) is 46.8 Å². The lowest BCUT2D eigenvalue weighted by molar-refractivity contribution is -0.141. The fourth-order valence-electron chi connectivity index (χ4n) is 2.92. The van der Waals surface area contributed by atoms with Crippen LogP contribution in [0, 0.1) is 5.82 Å². The van der Waals surface area contributed by atoms with Crippen LogP contribution >= 0.6 is 0 Å². The van der Waals surface area contributed by atoms with E-state index in [0.717, 1.165) is 12.5 Å². The van der Waals surface area contributed by atoms with Gasteiger partial charge in [-0.15, -0.1) is 0 Å². The second kappa shape index (κ2) is 6.37. The van der Waals surface area contributed by atoms with Gasteiger partial charge < -0.3 is 4.90 Å². The highest BCUT2D eigenvalue weighted by Crippen LogP contribution is 2.30. The normalized spacial score (nSPS) is 18.9. The van der Waals surface area contributed by atoms with Crippen molar-refractivity contribution in [3.05, 3.63) is 35.8 Å². The first-order valence-electron chi connectivity index (χ1n) is 7.76. The summed E-state index contributed by atoms with van der Waals surface area (Å²) >= 11 is 0. The Kier molecular flexibility index (Phi) is 4.42. The molecule has 0 aliphatic carbocycles. The minimum atomic E-state index is -4.46. The maximum Gasteiger partial charge on any atom is 0.435 e. The number of hydrogen-bond donors (Lipinski definition) is 0.